The van der Waals surface area contributed by atoms with Crippen LogP contribution in [0.15, 0.2) is 54.6 Å². The Morgan fingerprint density at radius 3 is 2.61 bits per heavy atom. The molecule has 0 spiro atoms. The maximum Gasteiger partial charge on any atom is 0.270 e. The lowest BCUT2D eigenvalue weighted by Crippen LogP contribution is -2.30. The fourth-order valence-corrected chi connectivity index (χ4v) is 3.62. The van der Waals surface area contributed by atoms with Gasteiger partial charge in [0.25, 0.3) is 5.91 Å². The number of aliphatic hydroxyl groups excluding tert-OH is 1. The number of rotatable bonds is 5. The number of aromatic hydroxyl groups is 1. The van der Waals surface area contributed by atoms with Gasteiger partial charge in [-0.25, -0.2) is 9.37 Å². The molecule has 1 aromatic heterocycles. The van der Waals surface area contributed by atoms with Crippen LogP contribution in [-0.4, -0.2) is 27.7 Å². The molecule has 1 atom stereocenters. The summed E-state index contributed by atoms with van der Waals surface area (Å²) in [7, 11) is 0. The summed E-state index contributed by atoms with van der Waals surface area (Å²) in [4.78, 5) is 17.5. The van der Waals surface area contributed by atoms with E-state index >= 15 is 0 Å². The van der Waals surface area contributed by atoms with Crippen LogP contribution in [0.3, 0.4) is 0 Å². The SMILES string of the molecule is Cc1cc(C#CC2(CO)CC2)cc(C(=O)NC(c2ccc(Cl)cc2)c2cc(F)ccc2O)n1. The summed E-state index contributed by atoms with van der Waals surface area (Å²) in [5.41, 5.74) is 1.84. The smallest absolute Gasteiger partial charge is 0.270 e. The number of pyridine rings is 1. The highest BCUT2D eigenvalue weighted by molar-refractivity contribution is 6.30. The average Bonchev–Trinajstić information content (AvgIpc) is 3.59. The summed E-state index contributed by atoms with van der Waals surface area (Å²) >= 11 is 6.00. The Morgan fingerprint density at radius 2 is 1.94 bits per heavy atom. The number of aryl methyl sites for hydroxylation is 1. The van der Waals surface area contributed by atoms with Gasteiger partial charge < -0.3 is 15.5 Å². The standard InChI is InChI=1S/C26H22ClFN2O3/c1-16-12-17(8-9-26(15-31)10-11-26)13-22(29-16)25(33)30-24(18-2-4-19(27)5-3-18)21-14-20(28)6-7-23(21)32/h2-7,12-14,24,31-32H,10-11,15H2,1H3,(H,30,33). The van der Waals surface area contributed by atoms with E-state index in [0.29, 0.717) is 21.8 Å². The van der Waals surface area contributed by atoms with Gasteiger partial charge in [0.15, 0.2) is 0 Å². The maximum atomic E-state index is 14.0. The Kier molecular flexibility index (Phi) is 6.37. The fourth-order valence-electron chi connectivity index (χ4n) is 3.49. The molecule has 2 aromatic carbocycles. The molecule has 0 aliphatic heterocycles. The van der Waals surface area contributed by atoms with Crippen molar-refractivity contribution in [3.63, 3.8) is 0 Å². The van der Waals surface area contributed by atoms with Crippen molar-refractivity contribution in [1.82, 2.24) is 10.3 Å². The molecular weight excluding hydrogens is 443 g/mol. The van der Waals surface area contributed by atoms with Crippen molar-refractivity contribution in [2.75, 3.05) is 6.61 Å². The summed E-state index contributed by atoms with van der Waals surface area (Å²) in [5, 5.41) is 23.2. The van der Waals surface area contributed by atoms with E-state index in [0.717, 1.165) is 18.9 Å². The molecule has 0 bridgehead atoms. The second-order valence-corrected chi connectivity index (χ2v) is 8.67. The fraction of sp³-hybridized carbons (Fsp3) is 0.231. The molecule has 1 unspecified atom stereocenters. The minimum atomic E-state index is -0.841. The third-order valence-electron chi connectivity index (χ3n) is 5.59. The van der Waals surface area contributed by atoms with E-state index in [1.165, 1.54) is 12.1 Å². The molecule has 4 rings (SSSR count). The van der Waals surface area contributed by atoms with Gasteiger partial charge in [-0.05, 0) is 67.8 Å². The van der Waals surface area contributed by atoms with Crippen LogP contribution in [0.5, 0.6) is 5.75 Å². The predicted molar refractivity (Wildman–Crippen MR) is 123 cm³/mol. The van der Waals surface area contributed by atoms with Crippen molar-refractivity contribution in [2.45, 2.75) is 25.8 Å². The number of hydrogen-bond donors (Lipinski definition) is 3. The van der Waals surface area contributed by atoms with Crippen LogP contribution in [0.2, 0.25) is 5.02 Å². The lowest BCUT2D eigenvalue weighted by molar-refractivity contribution is 0.0937. The number of nitrogens with one attached hydrogen (secondary N) is 1. The van der Waals surface area contributed by atoms with E-state index in [2.05, 4.69) is 22.1 Å². The normalized spacial score (nSPS) is 14.7. The first-order valence-electron chi connectivity index (χ1n) is 10.5. The Balaban J connectivity index is 1.67. The Morgan fingerprint density at radius 1 is 1.21 bits per heavy atom. The van der Waals surface area contributed by atoms with E-state index in [1.807, 2.05) is 0 Å². The molecule has 1 amide bonds. The van der Waals surface area contributed by atoms with Crippen molar-refractivity contribution in [2.24, 2.45) is 5.41 Å². The molecule has 168 valence electrons. The number of hydrogen-bond acceptors (Lipinski definition) is 4. The van der Waals surface area contributed by atoms with Gasteiger partial charge in [-0.2, -0.15) is 0 Å². The summed E-state index contributed by atoms with van der Waals surface area (Å²) in [6.45, 7) is 1.77. The topological polar surface area (TPSA) is 82.5 Å². The molecule has 1 aliphatic rings. The number of carbonyl (C=O) groups excluding carboxylic acids is 1. The lowest BCUT2D eigenvalue weighted by atomic mass is 9.97. The molecule has 5 nitrogen and oxygen atoms in total. The average molecular weight is 465 g/mol. The number of phenolic OH excluding ortho intramolecular Hbond substituents is 1. The van der Waals surface area contributed by atoms with Gasteiger partial charge in [-0.15, -0.1) is 0 Å². The van der Waals surface area contributed by atoms with Crippen LogP contribution in [0.1, 0.15) is 51.8 Å². The summed E-state index contributed by atoms with van der Waals surface area (Å²) in [6, 6.07) is 12.8. The zero-order valence-corrected chi connectivity index (χ0v) is 18.7. The van der Waals surface area contributed by atoms with Gasteiger partial charge in [0.05, 0.1) is 18.1 Å². The molecule has 1 fully saturated rings. The Hall–Kier alpha value is -3.40. The van der Waals surface area contributed by atoms with Gasteiger partial charge in [-0.3, -0.25) is 4.79 Å². The van der Waals surface area contributed by atoms with Gasteiger partial charge in [0.2, 0.25) is 0 Å². The number of amides is 1. The van der Waals surface area contributed by atoms with E-state index in [-0.39, 0.29) is 29.0 Å². The molecule has 0 saturated heterocycles. The second-order valence-electron chi connectivity index (χ2n) is 8.23. The molecular formula is C26H22ClFN2O3. The number of benzene rings is 2. The lowest BCUT2D eigenvalue weighted by Gasteiger charge is -2.21. The van der Waals surface area contributed by atoms with Gasteiger partial charge in [-0.1, -0.05) is 35.6 Å². The van der Waals surface area contributed by atoms with Gasteiger partial charge >= 0.3 is 0 Å². The quantitative estimate of drug-likeness (QED) is 0.484. The van der Waals surface area contributed by atoms with Crippen LogP contribution in [0, 0.1) is 30.0 Å². The highest BCUT2D eigenvalue weighted by atomic mass is 35.5. The molecule has 33 heavy (non-hydrogen) atoms. The Bertz CT molecular complexity index is 1260. The van der Waals surface area contributed by atoms with E-state index in [4.69, 9.17) is 11.6 Å². The van der Waals surface area contributed by atoms with Crippen LogP contribution in [-0.2, 0) is 0 Å². The Labute approximate surface area is 196 Å². The maximum absolute atomic E-state index is 14.0. The number of carbonyl (C=O) groups is 1. The van der Waals surface area contributed by atoms with Crippen LogP contribution in [0.25, 0.3) is 0 Å². The largest absolute Gasteiger partial charge is 0.508 e. The molecule has 3 aromatic rings. The van der Waals surface area contributed by atoms with Crippen molar-refractivity contribution in [3.05, 3.63) is 93.5 Å². The first-order chi connectivity index (χ1) is 15.8. The zero-order valence-electron chi connectivity index (χ0n) is 17.9. The van der Waals surface area contributed by atoms with E-state index < -0.39 is 17.8 Å². The highest BCUT2D eigenvalue weighted by Crippen LogP contribution is 2.44. The number of aliphatic hydroxyl groups is 1. The van der Waals surface area contributed by atoms with Crippen molar-refractivity contribution in [3.8, 4) is 17.6 Å². The first-order valence-corrected chi connectivity index (χ1v) is 10.8. The number of nitrogens with zero attached hydrogens (tertiary/aromatic N) is 1. The molecule has 3 N–H and O–H groups in total. The third kappa shape index (κ3) is 5.33. The molecule has 1 heterocycles. The first kappa shape index (κ1) is 22.8. The summed E-state index contributed by atoms with van der Waals surface area (Å²) < 4.78 is 14.0. The van der Waals surface area contributed by atoms with E-state index in [9.17, 15) is 19.4 Å². The van der Waals surface area contributed by atoms with Gasteiger partial charge in [0, 0.05) is 21.8 Å². The summed E-state index contributed by atoms with van der Waals surface area (Å²) in [6.07, 6.45) is 1.71. The van der Waals surface area contributed by atoms with Crippen LogP contribution in [0.4, 0.5) is 4.39 Å². The molecule has 1 saturated carbocycles. The van der Waals surface area contributed by atoms with Crippen molar-refractivity contribution >= 4 is 17.5 Å². The molecule has 1 aliphatic carbocycles. The zero-order chi connectivity index (χ0) is 23.6. The highest BCUT2D eigenvalue weighted by Gasteiger charge is 2.40. The monoisotopic (exact) mass is 464 g/mol. The van der Waals surface area contributed by atoms with Crippen molar-refractivity contribution < 1.29 is 19.4 Å². The minimum Gasteiger partial charge on any atom is -0.508 e. The molecule has 0 radical (unpaired) electrons. The van der Waals surface area contributed by atoms with Crippen LogP contribution >= 0.6 is 11.6 Å². The molecule has 7 heteroatoms. The number of aromatic nitrogens is 1. The second kappa shape index (κ2) is 9.22. The third-order valence-corrected chi connectivity index (χ3v) is 5.85. The van der Waals surface area contributed by atoms with Crippen LogP contribution < -0.4 is 5.32 Å². The number of halogens is 2. The number of phenols is 1. The predicted octanol–water partition coefficient (Wildman–Crippen LogP) is 4.53. The minimum absolute atomic E-state index is 0.0112. The van der Waals surface area contributed by atoms with E-state index in [1.54, 1.807) is 43.3 Å². The van der Waals surface area contributed by atoms with Gasteiger partial charge in [0.1, 0.15) is 17.3 Å². The van der Waals surface area contributed by atoms with Crippen molar-refractivity contribution in [1.29, 1.82) is 0 Å². The summed E-state index contributed by atoms with van der Waals surface area (Å²) in [5.74, 6) is 4.93.